The van der Waals surface area contributed by atoms with Crippen molar-refractivity contribution >= 4 is 33.1 Å². The third-order valence-electron chi connectivity index (χ3n) is 7.47. The molecule has 0 saturated carbocycles. The van der Waals surface area contributed by atoms with Gasteiger partial charge in [-0.2, -0.15) is 9.29 Å². The fourth-order valence-electron chi connectivity index (χ4n) is 4.96. The maximum Gasteiger partial charge on any atom is 1.00 e. The van der Waals surface area contributed by atoms with Crippen LogP contribution in [0, 0.1) is 0 Å². The topological polar surface area (TPSA) is 222 Å². The number of aliphatic hydroxyl groups is 2. The van der Waals surface area contributed by atoms with E-state index in [1.807, 2.05) is 0 Å². The van der Waals surface area contributed by atoms with E-state index in [0.717, 1.165) is 23.8 Å². The summed E-state index contributed by atoms with van der Waals surface area (Å²) in [6, 6.07) is 1.27. The molecular formula is C28H52ClN3NaO12P2+. The number of hydrogen-bond donors (Lipinski definition) is 5. The second kappa shape index (κ2) is 24.3. The van der Waals surface area contributed by atoms with E-state index in [-0.39, 0.29) is 47.9 Å². The van der Waals surface area contributed by atoms with Gasteiger partial charge in [0.1, 0.15) is 30.2 Å². The number of phosphoric acid groups is 2. The molecule has 1 aliphatic heterocycles. The Morgan fingerprint density at radius 3 is 2.04 bits per heavy atom. The number of phosphoric ester groups is 2. The van der Waals surface area contributed by atoms with E-state index in [9.17, 15) is 33.9 Å². The molecule has 0 amide bonds. The molecule has 0 spiro atoms. The molecule has 7 atom stereocenters. The first-order valence-corrected chi connectivity index (χ1v) is 19.6. The summed E-state index contributed by atoms with van der Waals surface area (Å²) in [5.74, 6) is -0.333. The molecule has 0 aromatic carbocycles. The molecule has 47 heavy (non-hydrogen) atoms. The molecule has 19 heteroatoms. The second-order valence-corrected chi connectivity index (χ2v) is 14.8. The third kappa shape index (κ3) is 18.2. The van der Waals surface area contributed by atoms with E-state index in [2.05, 4.69) is 16.2 Å². The van der Waals surface area contributed by atoms with E-state index in [4.69, 9.17) is 35.9 Å². The molecule has 1 fully saturated rings. The van der Waals surface area contributed by atoms with Crippen molar-refractivity contribution in [2.24, 2.45) is 0 Å². The Hall–Kier alpha value is 0.0700. The van der Waals surface area contributed by atoms with Gasteiger partial charge in [0.25, 0.3) is 0 Å². The van der Waals surface area contributed by atoms with Crippen molar-refractivity contribution in [2.75, 3.05) is 31.4 Å². The van der Waals surface area contributed by atoms with Crippen molar-refractivity contribution < 1.29 is 81.5 Å². The molecule has 1 saturated heterocycles. The number of hydrogen-bond acceptors (Lipinski definition) is 12. The largest absolute Gasteiger partial charge is 1.00 e. The summed E-state index contributed by atoms with van der Waals surface area (Å²) in [7, 11) is -10.4. The first-order valence-electron chi connectivity index (χ1n) is 16.1. The summed E-state index contributed by atoms with van der Waals surface area (Å²) in [6.45, 7) is 1.62. The van der Waals surface area contributed by atoms with Gasteiger partial charge in [-0.1, -0.05) is 90.4 Å². The molecule has 7 unspecified atom stereocenters. The van der Waals surface area contributed by atoms with Gasteiger partial charge in [-0.3, -0.25) is 13.6 Å². The molecule has 1 aromatic heterocycles. The van der Waals surface area contributed by atoms with Crippen molar-refractivity contribution in [3.8, 4) is 0 Å². The summed E-state index contributed by atoms with van der Waals surface area (Å²) < 4.78 is 50.5. The normalized spacial score (nSPS) is 22.8. The van der Waals surface area contributed by atoms with Crippen LogP contribution in [0.3, 0.4) is 0 Å². The molecule has 15 nitrogen and oxygen atoms in total. The van der Waals surface area contributed by atoms with Gasteiger partial charge in [-0.15, -0.1) is 11.6 Å². The second-order valence-electron chi connectivity index (χ2n) is 11.5. The minimum Gasteiger partial charge on any atom is -0.387 e. The Kier molecular flexibility index (Phi) is 23.3. The Morgan fingerprint density at radius 2 is 1.51 bits per heavy atom. The molecule has 0 bridgehead atoms. The summed E-state index contributed by atoms with van der Waals surface area (Å²) in [4.78, 5) is 35.6. The van der Waals surface area contributed by atoms with E-state index in [1.165, 1.54) is 82.9 Å². The van der Waals surface area contributed by atoms with Crippen LogP contribution in [0.25, 0.3) is 0 Å². The maximum absolute atomic E-state index is 12.4. The monoisotopic (exact) mass is 742 g/mol. The van der Waals surface area contributed by atoms with Gasteiger partial charge in [0.15, 0.2) is 6.23 Å². The smallest absolute Gasteiger partial charge is 0.387 e. The number of anilines is 1. The van der Waals surface area contributed by atoms with Crippen LogP contribution in [0.4, 0.5) is 5.82 Å². The van der Waals surface area contributed by atoms with Gasteiger partial charge in [0.2, 0.25) is 0 Å². The number of ether oxygens (including phenoxy) is 2. The SMILES string of the molecule is CCCCCCCCCCCCCCCCOCC(CCl)OP(=O)(O)OP(=O)(O)OCC1OC(n2ccc(N)nc2=O)C(O)C1O.[Na+]. The van der Waals surface area contributed by atoms with Gasteiger partial charge in [-0.05, 0) is 12.5 Å². The number of rotatable bonds is 26. The van der Waals surface area contributed by atoms with Gasteiger partial charge in [0.05, 0.1) is 19.1 Å². The van der Waals surface area contributed by atoms with Crippen LogP contribution < -0.4 is 41.0 Å². The first-order chi connectivity index (χ1) is 21.9. The summed E-state index contributed by atoms with van der Waals surface area (Å²) in [5.41, 5.74) is 4.57. The summed E-state index contributed by atoms with van der Waals surface area (Å²) in [5, 5.41) is 20.6. The zero-order valence-corrected chi connectivity index (χ0v) is 32.1. The van der Waals surface area contributed by atoms with Crippen LogP contribution >= 0.6 is 27.2 Å². The number of unbranched alkanes of at least 4 members (excludes halogenated alkanes) is 13. The average Bonchev–Trinajstić information content (AvgIpc) is 3.27. The van der Waals surface area contributed by atoms with Crippen LogP contribution in [0.1, 0.15) is 103 Å². The molecule has 1 aliphatic rings. The molecule has 0 radical (unpaired) electrons. The van der Waals surface area contributed by atoms with Crippen LogP contribution in [0.2, 0.25) is 0 Å². The minimum absolute atomic E-state index is 0. The van der Waals surface area contributed by atoms with E-state index in [1.54, 1.807) is 0 Å². The maximum atomic E-state index is 12.4. The van der Waals surface area contributed by atoms with Crippen LogP contribution in [-0.4, -0.2) is 79.7 Å². The van der Waals surface area contributed by atoms with Crippen molar-refractivity contribution in [1.82, 2.24) is 9.55 Å². The quantitative estimate of drug-likeness (QED) is 0.0396. The van der Waals surface area contributed by atoms with Crippen LogP contribution in [0.15, 0.2) is 17.1 Å². The fraction of sp³-hybridized carbons (Fsp3) is 0.857. The van der Waals surface area contributed by atoms with E-state index in [0.29, 0.717) is 6.61 Å². The predicted octanol–water partition coefficient (Wildman–Crippen LogP) is 1.80. The van der Waals surface area contributed by atoms with Crippen molar-refractivity contribution in [3.63, 3.8) is 0 Å². The summed E-state index contributed by atoms with van der Waals surface area (Å²) in [6.07, 6.45) is 11.1. The predicted molar refractivity (Wildman–Crippen MR) is 172 cm³/mol. The molecule has 2 rings (SSSR count). The molecular weight excluding hydrogens is 691 g/mol. The van der Waals surface area contributed by atoms with Crippen molar-refractivity contribution in [2.45, 2.75) is 127 Å². The number of halogens is 1. The number of alkyl halides is 1. The Balaban J connectivity index is 0.0000110. The number of nitrogens with zero attached hydrogens (tertiary/aromatic N) is 2. The number of aliphatic hydroxyl groups excluding tert-OH is 2. The minimum atomic E-state index is -5.24. The molecule has 6 N–H and O–H groups in total. The van der Waals surface area contributed by atoms with Gasteiger partial charge < -0.3 is 35.2 Å². The van der Waals surface area contributed by atoms with Gasteiger partial charge in [0, 0.05) is 12.8 Å². The molecule has 0 aliphatic carbocycles. The number of nitrogen functional groups attached to an aromatic ring is 1. The molecule has 2 heterocycles. The fourth-order valence-corrected chi connectivity index (χ4v) is 7.44. The number of aromatic nitrogens is 2. The molecule has 268 valence electrons. The van der Waals surface area contributed by atoms with Gasteiger partial charge >= 0.3 is 50.9 Å². The average molecular weight is 743 g/mol. The summed E-state index contributed by atoms with van der Waals surface area (Å²) >= 11 is 5.82. The zero-order valence-electron chi connectivity index (χ0n) is 27.6. The van der Waals surface area contributed by atoms with E-state index >= 15 is 0 Å². The molecule has 1 aromatic rings. The Bertz CT molecular complexity index is 1160. The van der Waals surface area contributed by atoms with Gasteiger partial charge in [-0.25, -0.2) is 13.9 Å². The standard InChI is InChI=1S/C28H52ClN3O12P2.Na/c1-2-3-4-5-6-7-8-9-10-11-12-13-14-15-18-40-20-22(19-29)43-46(38,39)44-45(36,37)41-21-23-25(33)26(34)27(42-23)32-17-16-24(30)31-28(32)35;/h16-17,22-23,25-27,33-34H,2-15,18-21H2,1H3,(H,36,37)(H,38,39)(H2,30,31,35);/q;+1. The van der Waals surface area contributed by atoms with Crippen LogP contribution in [-0.2, 0) is 32.0 Å². The third-order valence-corrected chi connectivity index (χ3v) is 10.5. The Morgan fingerprint density at radius 1 is 0.957 bits per heavy atom. The van der Waals surface area contributed by atoms with E-state index < -0.39 is 58.6 Å². The number of nitrogens with two attached hydrogens (primary N) is 1. The first kappa shape index (κ1) is 45.1. The van der Waals surface area contributed by atoms with Crippen LogP contribution in [0.5, 0.6) is 0 Å². The van der Waals surface area contributed by atoms with Crippen molar-refractivity contribution in [3.05, 3.63) is 22.7 Å². The Labute approximate surface area is 304 Å². The van der Waals surface area contributed by atoms with Crippen molar-refractivity contribution in [1.29, 1.82) is 0 Å². The zero-order chi connectivity index (χ0) is 34.0.